The number of nitro benzene ring substituents is 1. The number of ketones is 1. The Morgan fingerprint density at radius 3 is 2.38 bits per heavy atom. The number of benzene rings is 1. The molecule has 0 radical (unpaired) electrons. The molecule has 1 aromatic rings. The Morgan fingerprint density at radius 1 is 1.29 bits per heavy atom. The van der Waals surface area contributed by atoms with E-state index in [2.05, 4.69) is 0 Å². The summed E-state index contributed by atoms with van der Waals surface area (Å²) in [5, 5.41) is 10.7. The normalized spacial score (nSPS) is 18.7. The molecular weight excluding hydrogens is 332 g/mol. The van der Waals surface area contributed by atoms with Crippen LogP contribution in [0.5, 0.6) is 0 Å². The van der Waals surface area contributed by atoms with Crippen molar-refractivity contribution in [1.82, 2.24) is 4.31 Å². The number of sulfonamides is 1. The average molecular weight is 352 g/mol. The van der Waals surface area contributed by atoms with Crippen molar-refractivity contribution in [3.8, 4) is 0 Å². The van der Waals surface area contributed by atoms with Crippen molar-refractivity contribution in [3.05, 3.63) is 46.2 Å². The maximum absolute atomic E-state index is 12.9. The number of hydrogen-bond donors (Lipinski definition) is 0. The molecule has 0 bridgehead atoms. The van der Waals surface area contributed by atoms with Gasteiger partial charge in [-0.3, -0.25) is 19.2 Å². The molecule has 2 rings (SSSR count). The maximum atomic E-state index is 12.9. The van der Waals surface area contributed by atoms with E-state index in [0.717, 1.165) is 16.4 Å². The molecular formula is C16H20N2O5S. The van der Waals surface area contributed by atoms with Gasteiger partial charge in [0.1, 0.15) is 6.04 Å². The lowest BCUT2D eigenvalue weighted by molar-refractivity contribution is -0.384. The van der Waals surface area contributed by atoms with Crippen molar-refractivity contribution in [2.45, 2.75) is 44.6 Å². The van der Waals surface area contributed by atoms with E-state index in [1.807, 2.05) is 13.8 Å². The predicted octanol–water partition coefficient (Wildman–Crippen LogP) is 2.88. The van der Waals surface area contributed by atoms with Gasteiger partial charge in [-0.15, -0.1) is 0 Å². The van der Waals surface area contributed by atoms with Gasteiger partial charge in [0.15, 0.2) is 5.78 Å². The minimum atomic E-state index is -3.95. The molecule has 1 aromatic carbocycles. The lowest BCUT2D eigenvalue weighted by atomic mass is 9.94. The summed E-state index contributed by atoms with van der Waals surface area (Å²) in [5.41, 5.74) is 0.486. The second-order valence-corrected chi connectivity index (χ2v) is 8.19. The zero-order valence-electron chi connectivity index (χ0n) is 13.8. The molecule has 130 valence electrons. The molecule has 1 aliphatic rings. The van der Waals surface area contributed by atoms with Crippen LogP contribution in [0.15, 0.2) is 40.9 Å². The van der Waals surface area contributed by atoms with Crippen LogP contribution in [0.3, 0.4) is 0 Å². The fraction of sp³-hybridized carbons (Fsp3) is 0.438. The second kappa shape index (κ2) is 6.72. The first kappa shape index (κ1) is 18.1. The molecule has 0 spiro atoms. The summed E-state index contributed by atoms with van der Waals surface area (Å²) in [4.78, 5) is 22.4. The van der Waals surface area contributed by atoms with E-state index in [1.165, 1.54) is 18.3 Å². The van der Waals surface area contributed by atoms with E-state index in [-0.39, 0.29) is 28.7 Å². The molecule has 8 heteroatoms. The molecule has 0 N–H and O–H groups in total. The Labute approximate surface area is 141 Å². The number of carbonyl (C=O) groups is 1. The molecule has 0 amide bonds. The van der Waals surface area contributed by atoms with E-state index in [4.69, 9.17) is 0 Å². The lowest BCUT2D eigenvalue weighted by Crippen LogP contribution is -2.45. The van der Waals surface area contributed by atoms with Crippen molar-refractivity contribution in [1.29, 1.82) is 0 Å². The first-order chi connectivity index (χ1) is 11.1. The Morgan fingerprint density at radius 2 is 1.88 bits per heavy atom. The molecule has 1 atom stereocenters. The van der Waals surface area contributed by atoms with Crippen LogP contribution in [-0.4, -0.2) is 29.5 Å². The number of non-ortho nitro benzene ring substituents is 1. The molecule has 1 heterocycles. The van der Waals surface area contributed by atoms with Crippen LogP contribution in [0.25, 0.3) is 0 Å². The van der Waals surface area contributed by atoms with E-state index in [0.29, 0.717) is 12.0 Å². The Kier molecular flexibility index (Phi) is 5.08. The Hall–Kier alpha value is -2.22. The number of allylic oxidation sites excluding steroid dienone is 1. The Bertz CT molecular complexity index is 781. The van der Waals surface area contributed by atoms with Crippen molar-refractivity contribution < 1.29 is 18.1 Å². The summed E-state index contributed by atoms with van der Waals surface area (Å²) in [7, 11) is -3.95. The first-order valence-electron chi connectivity index (χ1n) is 7.61. The number of carbonyl (C=O) groups excluding carboxylic acids is 1. The zero-order chi connectivity index (χ0) is 18.1. The van der Waals surface area contributed by atoms with Gasteiger partial charge in [0.05, 0.1) is 9.82 Å². The van der Waals surface area contributed by atoms with Gasteiger partial charge in [0, 0.05) is 24.8 Å². The topological polar surface area (TPSA) is 97.6 Å². The third kappa shape index (κ3) is 3.64. The summed E-state index contributed by atoms with van der Waals surface area (Å²) in [6.45, 7) is 5.56. The molecule has 0 aliphatic carbocycles. The third-order valence-corrected chi connectivity index (χ3v) is 5.58. The summed E-state index contributed by atoms with van der Waals surface area (Å²) >= 11 is 0. The van der Waals surface area contributed by atoms with Gasteiger partial charge in [-0.2, -0.15) is 0 Å². The highest BCUT2D eigenvalue weighted by Gasteiger charge is 2.36. The molecule has 0 saturated carbocycles. The highest BCUT2D eigenvalue weighted by atomic mass is 32.2. The average Bonchev–Trinajstić information content (AvgIpc) is 2.49. The minimum absolute atomic E-state index is 0.0689. The van der Waals surface area contributed by atoms with E-state index in [9.17, 15) is 23.3 Å². The quantitative estimate of drug-likeness (QED) is 0.599. The van der Waals surface area contributed by atoms with E-state index in [1.54, 1.807) is 6.92 Å². The minimum Gasteiger partial charge on any atom is -0.297 e. The van der Waals surface area contributed by atoms with Crippen LogP contribution in [0.4, 0.5) is 5.69 Å². The zero-order valence-corrected chi connectivity index (χ0v) is 14.6. The summed E-state index contributed by atoms with van der Waals surface area (Å²) < 4.78 is 26.9. The van der Waals surface area contributed by atoms with Gasteiger partial charge in [-0.25, -0.2) is 8.42 Å². The number of Topliss-reactive ketones (excluding diaryl/α,β-unsaturated/α-hetero) is 1. The van der Waals surface area contributed by atoms with Crippen LogP contribution >= 0.6 is 0 Å². The molecule has 7 nitrogen and oxygen atoms in total. The van der Waals surface area contributed by atoms with Gasteiger partial charge in [-0.05, 0) is 37.0 Å². The maximum Gasteiger partial charge on any atom is 0.269 e. The fourth-order valence-corrected chi connectivity index (χ4v) is 4.25. The predicted molar refractivity (Wildman–Crippen MR) is 88.7 cm³/mol. The van der Waals surface area contributed by atoms with Crippen LogP contribution in [0.1, 0.15) is 33.6 Å². The fourth-order valence-electron chi connectivity index (χ4n) is 2.67. The smallest absolute Gasteiger partial charge is 0.269 e. The third-order valence-electron chi connectivity index (χ3n) is 3.80. The summed E-state index contributed by atoms with van der Waals surface area (Å²) in [5.74, 6) is 0.0227. The van der Waals surface area contributed by atoms with Crippen molar-refractivity contribution in [2.75, 3.05) is 0 Å². The molecule has 0 unspecified atom stereocenters. The molecule has 0 fully saturated rings. The Balaban J connectivity index is 2.45. The SMILES string of the molecule is CC1=CN(S(=O)(=O)c2ccc([N+](=O)[O-])cc2)[C@@H](CC(C)C)C(=O)C1. The number of rotatable bonds is 5. The highest BCUT2D eigenvalue weighted by molar-refractivity contribution is 7.89. The molecule has 1 aliphatic heterocycles. The van der Waals surface area contributed by atoms with Crippen molar-refractivity contribution in [2.24, 2.45) is 5.92 Å². The number of hydrogen-bond acceptors (Lipinski definition) is 5. The molecule has 0 aromatic heterocycles. The lowest BCUT2D eigenvalue weighted by Gasteiger charge is -2.33. The van der Waals surface area contributed by atoms with Gasteiger partial charge in [-0.1, -0.05) is 13.8 Å². The van der Waals surface area contributed by atoms with E-state index < -0.39 is 21.0 Å². The van der Waals surface area contributed by atoms with Crippen LogP contribution in [-0.2, 0) is 14.8 Å². The van der Waals surface area contributed by atoms with Gasteiger partial charge in [0.2, 0.25) is 0 Å². The second-order valence-electron chi connectivity index (χ2n) is 6.35. The summed E-state index contributed by atoms with van der Waals surface area (Å²) in [6.07, 6.45) is 2.16. The standard InChI is InChI=1S/C16H20N2O5S/c1-11(2)8-15-16(19)9-12(3)10-17(15)24(22,23)14-6-4-13(5-7-14)18(20)21/h4-7,10-11,15H,8-9H2,1-3H3/t15-/m0/s1. The molecule has 0 saturated heterocycles. The van der Waals surface area contributed by atoms with Gasteiger partial charge >= 0.3 is 0 Å². The van der Waals surface area contributed by atoms with Crippen molar-refractivity contribution >= 4 is 21.5 Å². The highest BCUT2D eigenvalue weighted by Crippen LogP contribution is 2.29. The van der Waals surface area contributed by atoms with Crippen molar-refractivity contribution in [3.63, 3.8) is 0 Å². The van der Waals surface area contributed by atoms with Crippen LogP contribution < -0.4 is 0 Å². The van der Waals surface area contributed by atoms with Crippen LogP contribution in [0.2, 0.25) is 0 Å². The monoisotopic (exact) mass is 352 g/mol. The molecule has 24 heavy (non-hydrogen) atoms. The number of nitro groups is 1. The number of nitrogens with zero attached hydrogens (tertiary/aromatic N) is 2. The summed E-state index contributed by atoms with van der Waals surface area (Å²) in [6, 6.07) is 3.94. The largest absolute Gasteiger partial charge is 0.297 e. The van der Waals surface area contributed by atoms with Crippen LogP contribution in [0, 0.1) is 16.0 Å². The first-order valence-corrected chi connectivity index (χ1v) is 9.05. The van der Waals surface area contributed by atoms with E-state index >= 15 is 0 Å². The van der Waals surface area contributed by atoms with Gasteiger partial charge < -0.3 is 0 Å². The van der Waals surface area contributed by atoms with Gasteiger partial charge in [0.25, 0.3) is 15.7 Å².